The molecule has 2 aromatic carbocycles. The van der Waals surface area contributed by atoms with Crippen molar-refractivity contribution in [1.29, 1.82) is 0 Å². The van der Waals surface area contributed by atoms with Gasteiger partial charge in [0, 0.05) is 10.9 Å². The zero-order valence-electron chi connectivity index (χ0n) is 11.8. The highest BCUT2D eigenvalue weighted by Gasteiger charge is 2.17. The van der Waals surface area contributed by atoms with E-state index in [1.165, 1.54) is 0 Å². The van der Waals surface area contributed by atoms with Crippen LogP contribution >= 0.6 is 15.9 Å². The summed E-state index contributed by atoms with van der Waals surface area (Å²) in [4.78, 5) is 14.3. The van der Waals surface area contributed by atoms with E-state index in [9.17, 15) is 4.79 Å². The van der Waals surface area contributed by atoms with Gasteiger partial charge in [-0.05, 0) is 40.0 Å². The first-order chi connectivity index (χ1) is 10.2. The van der Waals surface area contributed by atoms with E-state index < -0.39 is 0 Å². The van der Waals surface area contributed by atoms with Crippen LogP contribution in [0.25, 0.3) is 0 Å². The van der Waals surface area contributed by atoms with Gasteiger partial charge in [0.2, 0.25) is 5.91 Å². The van der Waals surface area contributed by atoms with Crippen LogP contribution in [0.5, 0.6) is 0 Å². The van der Waals surface area contributed by atoms with Crippen molar-refractivity contribution in [1.82, 2.24) is 0 Å². The van der Waals surface area contributed by atoms with Crippen molar-refractivity contribution in [2.24, 2.45) is 0 Å². The lowest BCUT2D eigenvalue weighted by molar-refractivity contribution is -0.118. The molecule has 0 aromatic heterocycles. The Labute approximate surface area is 134 Å². The van der Waals surface area contributed by atoms with Gasteiger partial charge in [-0.25, -0.2) is 0 Å². The standard InChI is InChI=1S/C18H18BrNO/c1-2-3-13-18(21)20(14-15-9-5-4-6-10-15)17-12-8-7-11-16(17)19/h2,4-12H,1,3,13-14H2. The van der Waals surface area contributed by atoms with Gasteiger partial charge in [0.15, 0.2) is 0 Å². The summed E-state index contributed by atoms with van der Waals surface area (Å²) in [5.41, 5.74) is 2.01. The lowest BCUT2D eigenvalue weighted by Crippen LogP contribution is -2.30. The summed E-state index contributed by atoms with van der Waals surface area (Å²) in [5, 5.41) is 0. The molecule has 21 heavy (non-hydrogen) atoms. The number of allylic oxidation sites excluding steroid dienone is 1. The second-order valence-corrected chi connectivity index (χ2v) is 5.60. The minimum Gasteiger partial charge on any atom is -0.307 e. The first-order valence-corrected chi connectivity index (χ1v) is 7.71. The van der Waals surface area contributed by atoms with Crippen molar-refractivity contribution in [3.63, 3.8) is 0 Å². The molecular weight excluding hydrogens is 326 g/mol. The van der Waals surface area contributed by atoms with Gasteiger partial charge in [-0.2, -0.15) is 0 Å². The van der Waals surface area contributed by atoms with Gasteiger partial charge in [0.1, 0.15) is 0 Å². The van der Waals surface area contributed by atoms with Crippen LogP contribution in [0.1, 0.15) is 18.4 Å². The van der Waals surface area contributed by atoms with Gasteiger partial charge in [0.05, 0.1) is 12.2 Å². The second-order valence-electron chi connectivity index (χ2n) is 4.74. The number of para-hydroxylation sites is 1. The van der Waals surface area contributed by atoms with Gasteiger partial charge in [-0.1, -0.05) is 48.5 Å². The predicted octanol–water partition coefficient (Wildman–Crippen LogP) is 4.95. The van der Waals surface area contributed by atoms with Gasteiger partial charge >= 0.3 is 0 Å². The molecule has 0 N–H and O–H groups in total. The Hall–Kier alpha value is -1.87. The van der Waals surface area contributed by atoms with E-state index in [0.29, 0.717) is 19.4 Å². The molecular formula is C18H18BrNO. The lowest BCUT2D eigenvalue weighted by Gasteiger charge is -2.24. The molecule has 2 rings (SSSR count). The zero-order chi connectivity index (χ0) is 15.1. The fourth-order valence-corrected chi connectivity index (χ4v) is 2.60. The van der Waals surface area contributed by atoms with Crippen LogP contribution in [0, 0.1) is 0 Å². The SMILES string of the molecule is C=CCCC(=O)N(Cc1ccccc1)c1ccccc1Br. The van der Waals surface area contributed by atoms with Gasteiger partial charge in [-0.15, -0.1) is 6.58 Å². The Morgan fingerprint density at radius 1 is 1.10 bits per heavy atom. The number of halogens is 1. The smallest absolute Gasteiger partial charge is 0.227 e. The monoisotopic (exact) mass is 343 g/mol. The Morgan fingerprint density at radius 2 is 1.76 bits per heavy atom. The molecule has 2 nitrogen and oxygen atoms in total. The van der Waals surface area contributed by atoms with Gasteiger partial charge < -0.3 is 4.90 Å². The molecule has 0 aliphatic rings. The van der Waals surface area contributed by atoms with Crippen LogP contribution in [0.4, 0.5) is 5.69 Å². The molecule has 0 bridgehead atoms. The minimum absolute atomic E-state index is 0.102. The zero-order valence-corrected chi connectivity index (χ0v) is 13.4. The summed E-state index contributed by atoms with van der Waals surface area (Å²) < 4.78 is 0.924. The van der Waals surface area contributed by atoms with Crippen molar-refractivity contribution in [2.75, 3.05) is 4.90 Å². The van der Waals surface area contributed by atoms with Gasteiger partial charge in [0.25, 0.3) is 0 Å². The van der Waals surface area contributed by atoms with E-state index in [1.54, 1.807) is 6.08 Å². The highest BCUT2D eigenvalue weighted by Crippen LogP contribution is 2.28. The highest BCUT2D eigenvalue weighted by molar-refractivity contribution is 9.10. The number of nitrogens with zero attached hydrogens (tertiary/aromatic N) is 1. The van der Waals surface area contributed by atoms with E-state index in [4.69, 9.17) is 0 Å². The average molecular weight is 344 g/mol. The fourth-order valence-electron chi connectivity index (χ4n) is 2.10. The molecule has 0 atom stereocenters. The molecule has 0 spiro atoms. The van der Waals surface area contributed by atoms with E-state index in [-0.39, 0.29) is 5.91 Å². The predicted molar refractivity (Wildman–Crippen MR) is 91.2 cm³/mol. The molecule has 0 aliphatic heterocycles. The summed E-state index contributed by atoms with van der Waals surface area (Å²) in [6, 6.07) is 17.8. The summed E-state index contributed by atoms with van der Waals surface area (Å²) in [6.45, 7) is 4.26. The number of benzene rings is 2. The molecule has 0 aliphatic carbocycles. The van der Waals surface area contributed by atoms with E-state index in [1.807, 2.05) is 59.5 Å². The second kappa shape index (κ2) is 7.79. The van der Waals surface area contributed by atoms with Crippen molar-refractivity contribution < 1.29 is 4.79 Å². The fraction of sp³-hybridized carbons (Fsp3) is 0.167. The molecule has 108 valence electrons. The average Bonchev–Trinajstić information content (AvgIpc) is 2.52. The molecule has 0 saturated carbocycles. The summed E-state index contributed by atoms with van der Waals surface area (Å²) in [5.74, 6) is 0.102. The van der Waals surface area contributed by atoms with Crippen molar-refractivity contribution >= 4 is 27.5 Å². The largest absolute Gasteiger partial charge is 0.307 e. The van der Waals surface area contributed by atoms with Crippen LogP contribution < -0.4 is 4.90 Å². The van der Waals surface area contributed by atoms with Gasteiger partial charge in [-0.3, -0.25) is 4.79 Å². The van der Waals surface area contributed by atoms with E-state index in [0.717, 1.165) is 15.7 Å². The third kappa shape index (κ3) is 4.30. The number of hydrogen-bond donors (Lipinski definition) is 0. The number of anilines is 1. The maximum atomic E-state index is 12.5. The molecule has 0 unspecified atom stereocenters. The molecule has 1 amide bonds. The third-order valence-corrected chi connectivity index (χ3v) is 3.86. The lowest BCUT2D eigenvalue weighted by atomic mass is 10.1. The summed E-state index contributed by atoms with van der Waals surface area (Å²) in [6.07, 6.45) is 2.94. The Kier molecular flexibility index (Phi) is 5.76. The minimum atomic E-state index is 0.102. The maximum Gasteiger partial charge on any atom is 0.227 e. The number of hydrogen-bond acceptors (Lipinski definition) is 1. The summed E-state index contributed by atoms with van der Waals surface area (Å²) in [7, 11) is 0. The molecule has 0 saturated heterocycles. The number of carbonyl (C=O) groups is 1. The van der Waals surface area contributed by atoms with Crippen LogP contribution in [0.15, 0.2) is 71.7 Å². The topological polar surface area (TPSA) is 20.3 Å². The molecule has 0 heterocycles. The first kappa shape index (κ1) is 15.5. The van der Waals surface area contributed by atoms with Crippen molar-refractivity contribution in [3.05, 3.63) is 77.3 Å². The number of amides is 1. The molecule has 0 radical (unpaired) electrons. The maximum absolute atomic E-state index is 12.5. The Bertz CT molecular complexity index is 610. The van der Waals surface area contributed by atoms with Crippen molar-refractivity contribution in [2.45, 2.75) is 19.4 Å². The Morgan fingerprint density at radius 3 is 2.43 bits per heavy atom. The number of carbonyl (C=O) groups excluding carboxylic acids is 1. The summed E-state index contributed by atoms with van der Waals surface area (Å²) >= 11 is 3.53. The van der Waals surface area contributed by atoms with E-state index in [2.05, 4.69) is 22.5 Å². The van der Waals surface area contributed by atoms with Crippen LogP contribution in [-0.4, -0.2) is 5.91 Å². The Balaban J connectivity index is 2.28. The highest BCUT2D eigenvalue weighted by atomic mass is 79.9. The molecule has 3 heteroatoms. The molecule has 2 aromatic rings. The van der Waals surface area contributed by atoms with Crippen LogP contribution in [0.3, 0.4) is 0 Å². The normalized spacial score (nSPS) is 10.1. The van der Waals surface area contributed by atoms with Crippen LogP contribution in [-0.2, 0) is 11.3 Å². The van der Waals surface area contributed by atoms with Crippen molar-refractivity contribution in [3.8, 4) is 0 Å². The first-order valence-electron chi connectivity index (χ1n) is 6.92. The van der Waals surface area contributed by atoms with E-state index >= 15 is 0 Å². The quantitative estimate of drug-likeness (QED) is 0.679. The molecule has 0 fully saturated rings. The van der Waals surface area contributed by atoms with Crippen LogP contribution in [0.2, 0.25) is 0 Å². The third-order valence-electron chi connectivity index (χ3n) is 3.19. The number of rotatable bonds is 6.